The van der Waals surface area contributed by atoms with Crippen molar-refractivity contribution in [1.82, 2.24) is 0 Å². The van der Waals surface area contributed by atoms with Gasteiger partial charge < -0.3 is 14.6 Å². The van der Waals surface area contributed by atoms with Gasteiger partial charge in [0.15, 0.2) is 17.4 Å². The predicted octanol–water partition coefficient (Wildman–Crippen LogP) is 4.54. The molecule has 0 fully saturated rings. The third kappa shape index (κ3) is 2.48. The van der Waals surface area contributed by atoms with Crippen molar-refractivity contribution in [2.45, 2.75) is 4.90 Å². The topological polar surface area (TPSA) is 70.7 Å². The summed E-state index contributed by atoms with van der Waals surface area (Å²) in [5.74, 6) is -2.65. The standard InChI is InChI=1S/C19H10F2O4S/c20-12-4-10-17(6-15(12)23)25-18-7-16(24)13(21)5-11(18)19(10)9-3-8(26)1-2-14(9)22/h1-7,22-23,26H. The summed E-state index contributed by atoms with van der Waals surface area (Å²) in [5.41, 5.74) is -0.112. The Balaban J connectivity index is 2.27. The van der Waals surface area contributed by atoms with Crippen LogP contribution in [0.3, 0.4) is 0 Å². The van der Waals surface area contributed by atoms with Crippen LogP contribution in [0, 0.1) is 11.6 Å². The van der Waals surface area contributed by atoms with Crippen LogP contribution in [-0.2, 0) is 0 Å². The van der Waals surface area contributed by atoms with E-state index in [-0.39, 0.29) is 39.2 Å². The number of aromatic hydroxyl groups is 2. The number of hydrogen-bond acceptors (Lipinski definition) is 5. The molecule has 0 radical (unpaired) electrons. The summed E-state index contributed by atoms with van der Waals surface area (Å²) in [5, 5.41) is 20.1. The van der Waals surface area contributed by atoms with Crippen LogP contribution < -0.4 is 5.43 Å². The molecule has 2 N–H and O–H groups in total. The van der Waals surface area contributed by atoms with E-state index < -0.39 is 22.8 Å². The lowest BCUT2D eigenvalue weighted by atomic mass is 9.93. The Labute approximate surface area is 150 Å². The number of phenolic OH excluding ortho intramolecular Hbond substituents is 2. The zero-order chi connectivity index (χ0) is 18.6. The van der Waals surface area contributed by atoms with Crippen molar-refractivity contribution in [2.24, 2.45) is 0 Å². The summed E-state index contributed by atoms with van der Waals surface area (Å²) in [6.45, 7) is 0. The zero-order valence-electron chi connectivity index (χ0n) is 13.0. The Morgan fingerprint density at radius 3 is 2.42 bits per heavy atom. The SMILES string of the molecule is O=c1cc2oc3cc(O)c(F)cc3c(-c3cc(S)ccc3O)c-2cc1F. The number of thiol groups is 1. The summed E-state index contributed by atoms with van der Waals surface area (Å²) in [4.78, 5) is 12.2. The van der Waals surface area contributed by atoms with Crippen LogP contribution in [0.5, 0.6) is 11.5 Å². The van der Waals surface area contributed by atoms with Crippen LogP contribution in [0.2, 0.25) is 0 Å². The van der Waals surface area contributed by atoms with Gasteiger partial charge in [0, 0.05) is 39.1 Å². The van der Waals surface area contributed by atoms with Gasteiger partial charge in [-0.05, 0) is 30.3 Å². The maximum Gasteiger partial charge on any atom is 0.217 e. The molecule has 1 aliphatic carbocycles. The minimum absolute atomic E-state index is 0.0360. The lowest BCUT2D eigenvalue weighted by Gasteiger charge is -2.16. The normalized spacial score (nSPS) is 11.3. The van der Waals surface area contributed by atoms with Gasteiger partial charge in [-0.25, -0.2) is 8.78 Å². The van der Waals surface area contributed by atoms with E-state index in [2.05, 4.69) is 12.6 Å². The molecule has 0 spiro atoms. The summed E-state index contributed by atoms with van der Waals surface area (Å²) >= 11 is 4.24. The van der Waals surface area contributed by atoms with E-state index in [1.165, 1.54) is 12.1 Å². The van der Waals surface area contributed by atoms with Crippen LogP contribution in [-0.4, -0.2) is 10.2 Å². The van der Waals surface area contributed by atoms with E-state index in [1.807, 2.05) is 0 Å². The zero-order valence-corrected chi connectivity index (χ0v) is 13.8. The summed E-state index contributed by atoms with van der Waals surface area (Å²) in [7, 11) is 0. The molecule has 2 aliphatic rings. The van der Waals surface area contributed by atoms with Gasteiger partial charge in [0.2, 0.25) is 5.43 Å². The lowest BCUT2D eigenvalue weighted by molar-refractivity contribution is 0.432. The highest BCUT2D eigenvalue weighted by molar-refractivity contribution is 7.80. The van der Waals surface area contributed by atoms with Crippen molar-refractivity contribution in [3.05, 3.63) is 64.3 Å². The smallest absolute Gasteiger partial charge is 0.217 e. The fourth-order valence-corrected chi connectivity index (χ4v) is 3.12. The van der Waals surface area contributed by atoms with Crippen molar-refractivity contribution < 1.29 is 23.4 Å². The number of rotatable bonds is 1. The number of phenols is 2. The van der Waals surface area contributed by atoms with E-state index in [1.54, 1.807) is 6.07 Å². The van der Waals surface area contributed by atoms with Gasteiger partial charge in [0.25, 0.3) is 0 Å². The van der Waals surface area contributed by atoms with Gasteiger partial charge in [0.1, 0.15) is 17.1 Å². The molecule has 0 bridgehead atoms. The molecule has 2 aromatic rings. The van der Waals surface area contributed by atoms with Gasteiger partial charge in [-0.1, -0.05) is 0 Å². The molecule has 2 aromatic carbocycles. The quantitative estimate of drug-likeness (QED) is 0.339. The van der Waals surface area contributed by atoms with Crippen molar-refractivity contribution in [3.8, 4) is 33.9 Å². The van der Waals surface area contributed by atoms with E-state index in [9.17, 15) is 23.8 Å². The van der Waals surface area contributed by atoms with Crippen LogP contribution in [0.25, 0.3) is 33.4 Å². The third-order valence-corrected chi connectivity index (χ3v) is 4.37. The van der Waals surface area contributed by atoms with E-state index in [4.69, 9.17) is 4.42 Å². The number of halogens is 2. The Bertz CT molecular complexity index is 1220. The van der Waals surface area contributed by atoms with Gasteiger partial charge >= 0.3 is 0 Å². The second-order valence-electron chi connectivity index (χ2n) is 5.76. The van der Waals surface area contributed by atoms with Crippen molar-refractivity contribution in [1.29, 1.82) is 0 Å². The molecule has 0 saturated heterocycles. The molecule has 7 heteroatoms. The highest BCUT2D eigenvalue weighted by atomic mass is 32.1. The molecular formula is C19H10F2O4S. The minimum Gasteiger partial charge on any atom is -0.507 e. The average Bonchev–Trinajstić information content (AvgIpc) is 2.58. The summed E-state index contributed by atoms with van der Waals surface area (Å²) < 4.78 is 33.5. The lowest BCUT2D eigenvalue weighted by Crippen LogP contribution is -2.06. The van der Waals surface area contributed by atoms with Crippen molar-refractivity contribution in [2.75, 3.05) is 0 Å². The first kappa shape index (κ1) is 16.4. The minimum atomic E-state index is -1.01. The molecule has 130 valence electrons. The van der Waals surface area contributed by atoms with E-state index >= 15 is 0 Å². The number of fused-ring (bicyclic) bond motifs is 2. The van der Waals surface area contributed by atoms with E-state index in [0.29, 0.717) is 4.90 Å². The molecule has 0 amide bonds. The third-order valence-electron chi connectivity index (χ3n) is 4.09. The molecule has 4 nitrogen and oxygen atoms in total. The average molecular weight is 372 g/mol. The van der Waals surface area contributed by atoms with Gasteiger partial charge in [-0.3, -0.25) is 4.79 Å². The Morgan fingerprint density at radius 2 is 1.65 bits per heavy atom. The van der Waals surface area contributed by atoms with Crippen LogP contribution in [0.1, 0.15) is 0 Å². The van der Waals surface area contributed by atoms with Gasteiger partial charge in [-0.2, -0.15) is 0 Å². The molecule has 0 unspecified atom stereocenters. The molecule has 1 heterocycles. The maximum atomic E-state index is 14.0. The molecule has 26 heavy (non-hydrogen) atoms. The molecule has 1 aliphatic heterocycles. The monoisotopic (exact) mass is 372 g/mol. The largest absolute Gasteiger partial charge is 0.507 e. The van der Waals surface area contributed by atoms with E-state index in [0.717, 1.165) is 24.3 Å². The van der Waals surface area contributed by atoms with Crippen molar-refractivity contribution >= 4 is 23.6 Å². The Hall–Kier alpha value is -3.06. The number of hydrogen-bond donors (Lipinski definition) is 3. The van der Waals surface area contributed by atoms with Crippen LogP contribution in [0.15, 0.2) is 56.6 Å². The second kappa shape index (κ2) is 5.74. The fraction of sp³-hybridized carbons (Fsp3) is 0. The Morgan fingerprint density at radius 1 is 0.885 bits per heavy atom. The van der Waals surface area contributed by atoms with Crippen LogP contribution in [0.4, 0.5) is 8.78 Å². The summed E-state index contributed by atoms with van der Waals surface area (Å²) in [6, 6.07) is 8.51. The first-order valence-electron chi connectivity index (χ1n) is 7.46. The second-order valence-corrected chi connectivity index (χ2v) is 6.27. The van der Waals surface area contributed by atoms with Crippen LogP contribution >= 0.6 is 12.6 Å². The van der Waals surface area contributed by atoms with Crippen molar-refractivity contribution in [3.63, 3.8) is 0 Å². The first-order chi connectivity index (χ1) is 12.3. The maximum absolute atomic E-state index is 14.0. The van der Waals surface area contributed by atoms with Gasteiger partial charge in [0.05, 0.1) is 0 Å². The summed E-state index contributed by atoms with van der Waals surface area (Å²) in [6.07, 6.45) is 0. The molecule has 0 atom stereocenters. The molecule has 4 rings (SSSR count). The molecule has 0 aromatic heterocycles. The highest BCUT2D eigenvalue weighted by Gasteiger charge is 2.22. The molecular weight excluding hydrogens is 362 g/mol. The number of benzene rings is 3. The first-order valence-corrected chi connectivity index (χ1v) is 7.91. The molecule has 0 saturated carbocycles. The highest BCUT2D eigenvalue weighted by Crippen LogP contribution is 2.44. The fourth-order valence-electron chi connectivity index (χ4n) is 2.92. The van der Waals surface area contributed by atoms with Gasteiger partial charge in [-0.15, -0.1) is 12.6 Å². The predicted molar refractivity (Wildman–Crippen MR) is 95.0 cm³/mol. The Kier molecular flexibility index (Phi) is 3.62.